The lowest BCUT2D eigenvalue weighted by atomic mass is 9.95. The first kappa shape index (κ1) is 19.3. The van der Waals surface area contributed by atoms with Gasteiger partial charge in [-0.2, -0.15) is 4.31 Å². The summed E-state index contributed by atoms with van der Waals surface area (Å²) in [5.41, 5.74) is 0. The van der Waals surface area contributed by atoms with Gasteiger partial charge in [0.15, 0.2) is 0 Å². The van der Waals surface area contributed by atoms with Gasteiger partial charge in [-0.15, -0.1) is 10.2 Å². The van der Waals surface area contributed by atoms with Gasteiger partial charge in [0, 0.05) is 50.4 Å². The van der Waals surface area contributed by atoms with Gasteiger partial charge in [-0.1, -0.05) is 0 Å². The van der Waals surface area contributed by atoms with E-state index in [-0.39, 0.29) is 0 Å². The van der Waals surface area contributed by atoms with E-state index >= 15 is 0 Å². The van der Waals surface area contributed by atoms with Crippen LogP contribution in [0.1, 0.15) is 57.3 Å². The van der Waals surface area contributed by atoms with E-state index < -0.39 is 10.0 Å². The van der Waals surface area contributed by atoms with Crippen molar-refractivity contribution in [3.05, 3.63) is 30.5 Å². The van der Waals surface area contributed by atoms with Gasteiger partial charge in [0.2, 0.25) is 10.0 Å². The van der Waals surface area contributed by atoms with Crippen molar-refractivity contribution in [1.29, 1.82) is 0 Å². The molecule has 4 heterocycles. The van der Waals surface area contributed by atoms with Gasteiger partial charge in [0.25, 0.3) is 0 Å². The minimum Gasteiger partial charge on any atom is -0.357 e. The number of rotatable bonds is 5. The molecule has 0 saturated carbocycles. The van der Waals surface area contributed by atoms with Crippen LogP contribution in [0.4, 0.5) is 5.82 Å². The minimum atomic E-state index is -3.42. The lowest BCUT2D eigenvalue weighted by Crippen LogP contribution is -2.34. The summed E-state index contributed by atoms with van der Waals surface area (Å²) in [7, 11) is -3.42. The zero-order valence-electron chi connectivity index (χ0n) is 16.5. The van der Waals surface area contributed by atoms with E-state index in [1.54, 1.807) is 29.0 Å². The van der Waals surface area contributed by atoms with Gasteiger partial charge < -0.3 is 9.47 Å². The highest BCUT2D eigenvalue weighted by atomic mass is 32.2. The van der Waals surface area contributed by atoms with Crippen LogP contribution in [0, 0.1) is 0 Å². The Balaban J connectivity index is 1.47. The summed E-state index contributed by atoms with van der Waals surface area (Å²) in [6.07, 6.45) is 7.20. The quantitative estimate of drug-likeness (QED) is 0.761. The van der Waals surface area contributed by atoms with Crippen LogP contribution in [0.3, 0.4) is 0 Å². The van der Waals surface area contributed by atoms with Gasteiger partial charge in [-0.3, -0.25) is 0 Å². The fourth-order valence-electron chi connectivity index (χ4n) is 4.12. The molecule has 2 saturated heterocycles. The molecule has 2 aliphatic rings. The summed E-state index contributed by atoms with van der Waals surface area (Å²) in [5.74, 6) is 2.16. The Morgan fingerprint density at radius 1 is 1.11 bits per heavy atom. The molecule has 8 nitrogen and oxygen atoms in total. The van der Waals surface area contributed by atoms with Crippen LogP contribution in [0.25, 0.3) is 0 Å². The molecule has 152 valence electrons. The van der Waals surface area contributed by atoms with Gasteiger partial charge in [-0.25, -0.2) is 13.4 Å². The first-order valence-corrected chi connectivity index (χ1v) is 11.5. The molecule has 4 rings (SSSR count). The maximum atomic E-state index is 12.8. The summed E-state index contributed by atoms with van der Waals surface area (Å²) < 4.78 is 29.4. The Morgan fingerprint density at radius 3 is 2.50 bits per heavy atom. The number of hydrogen-bond donors (Lipinski definition) is 0. The smallest absolute Gasteiger partial charge is 0.243 e. The maximum absolute atomic E-state index is 12.8. The fourth-order valence-corrected chi connectivity index (χ4v) is 5.64. The average molecular weight is 405 g/mol. The van der Waals surface area contributed by atoms with Crippen molar-refractivity contribution in [3.63, 3.8) is 0 Å². The zero-order chi connectivity index (χ0) is 19.7. The van der Waals surface area contributed by atoms with E-state index in [2.05, 4.69) is 38.5 Å². The third-order valence-electron chi connectivity index (χ3n) is 5.76. The molecule has 0 spiro atoms. The summed E-state index contributed by atoms with van der Waals surface area (Å²) in [6.45, 7) is 7.16. The number of sulfonamides is 1. The topological polar surface area (TPSA) is 84.2 Å². The maximum Gasteiger partial charge on any atom is 0.243 e. The van der Waals surface area contributed by atoms with Crippen molar-refractivity contribution < 1.29 is 8.42 Å². The fraction of sp³-hybridized carbons (Fsp3) is 0.632. The molecule has 9 heteroatoms. The Kier molecular flexibility index (Phi) is 5.37. The Labute approximate surface area is 166 Å². The van der Waals surface area contributed by atoms with Gasteiger partial charge in [0.05, 0.1) is 4.90 Å². The van der Waals surface area contributed by atoms with Gasteiger partial charge in [0.1, 0.15) is 18.0 Å². The lowest BCUT2D eigenvalue weighted by molar-refractivity contribution is 0.447. The Morgan fingerprint density at radius 2 is 1.82 bits per heavy atom. The van der Waals surface area contributed by atoms with Crippen molar-refractivity contribution in [2.75, 3.05) is 31.1 Å². The van der Waals surface area contributed by atoms with Crippen LogP contribution in [-0.4, -0.2) is 58.7 Å². The van der Waals surface area contributed by atoms with Crippen LogP contribution in [0.5, 0.6) is 0 Å². The summed E-state index contributed by atoms with van der Waals surface area (Å²) in [5, 5.41) is 8.43. The van der Waals surface area contributed by atoms with E-state index in [0.717, 1.165) is 50.4 Å². The predicted molar refractivity (Wildman–Crippen MR) is 107 cm³/mol. The molecule has 0 aromatic carbocycles. The minimum absolute atomic E-state index is 0.345. The molecule has 0 atom stereocenters. The van der Waals surface area contributed by atoms with Crippen molar-refractivity contribution in [1.82, 2.24) is 24.1 Å². The molecule has 2 aromatic heterocycles. The first-order valence-electron chi connectivity index (χ1n) is 10.1. The van der Waals surface area contributed by atoms with Crippen molar-refractivity contribution >= 4 is 15.8 Å². The van der Waals surface area contributed by atoms with Crippen LogP contribution in [0.2, 0.25) is 0 Å². The van der Waals surface area contributed by atoms with Crippen LogP contribution in [0.15, 0.2) is 29.6 Å². The number of piperidine rings is 1. The summed E-state index contributed by atoms with van der Waals surface area (Å²) >= 11 is 0. The number of anilines is 1. The van der Waals surface area contributed by atoms with E-state index in [1.165, 1.54) is 0 Å². The normalized spacial score (nSPS) is 19.6. The van der Waals surface area contributed by atoms with Crippen molar-refractivity contribution in [3.8, 4) is 0 Å². The average Bonchev–Trinajstić information content (AvgIpc) is 3.40. The molecular weight excluding hydrogens is 376 g/mol. The van der Waals surface area contributed by atoms with Gasteiger partial charge in [-0.05, 0) is 45.6 Å². The highest BCUT2D eigenvalue weighted by Crippen LogP contribution is 2.31. The zero-order valence-corrected chi connectivity index (χ0v) is 17.3. The highest BCUT2D eigenvalue weighted by Gasteiger charge is 2.29. The number of pyridine rings is 1. The molecule has 0 unspecified atom stereocenters. The van der Waals surface area contributed by atoms with E-state index in [4.69, 9.17) is 0 Å². The third kappa shape index (κ3) is 3.65. The summed E-state index contributed by atoms with van der Waals surface area (Å²) in [4.78, 5) is 6.97. The molecule has 2 fully saturated rings. The van der Waals surface area contributed by atoms with E-state index in [0.29, 0.717) is 29.9 Å². The molecule has 0 amide bonds. The number of nitrogens with zero attached hydrogens (tertiary/aromatic N) is 6. The third-order valence-corrected chi connectivity index (χ3v) is 7.66. The van der Waals surface area contributed by atoms with E-state index in [9.17, 15) is 8.42 Å². The Hall–Kier alpha value is -2.00. The number of hydrogen-bond acceptors (Lipinski definition) is 6. The summed E-state index contributed by atoms with van der Waals surface area (Å²) in [6, 6.07) is 3.68. The predicted octanol–water partition coefficient (Wildman–Crippen LogP) is 2.42. The monoisotopic (exact) mass is 404 g/mol. The lowest BCUT2D eigenvalue weighted by Gasteiger charge is -2.33. The highest BCUT2D eigenvalue weighted by molar-refractivity contribution is 7.89. The molecule has 0 bridgehead atoms. The second-order valence-corrected chi connectivity index (χ2v) is 9.85. The van der Waals surface area contributed by atoms with E-state index in [1.807, 2.05) is 0 Å². The molecule has 28 heavy (non-hydrogen) atoms. The van der Waals surface area contributed by atoms with Gasteiger partial charge >= 0.3 is 0 Å². The number of aromatic nitrogens is 4. The second-order valence-electron chi connectivity index (χ2n) is 7.91. The van der Waals surface area contributed by atoms with Crippen LogP contribution in [-0.2, 0) is 10.0 Å². The molecule has 0 aliphatic carbocycles. The van der Waals surface area contributed by atoms with Crippen molar-refractivity contribution in [2.24, 2.45) is 0 Å². The van der Waals surface area contributed by atoms with Crippen LogP contribution < -0.4 is 4.90 Å². The SMILES string of the molecule is CC(C)n1cnnc1C1CCN(c2cc(S(=O)(=O)N3CCCC3)ccn2)CC1. The Bertz CT molecular complexity index is 912. The van der Waals surface area contributed by atoms with Crippen molar-refractivity contribution in [2.45, 2.75) is 56.4 Å². The van der Waals surface area contributed by atoms with Crippen LogP contribution >= 0.6 is 0 Å². The molecule has 0 radical (unpaired) electrons. The largest absolute Gasteiger partial charge is 0.357 e. The molecule has 2 aliphatic heterocycles. The molecule has 2 aromatic rings. The standard InChI is InChI=1S/C19H28N6O2S/c1-15(2)25-14-21-22-19(25)16-6-11-23(12-7-16)18-13-17(5-8-20-18)28(26,27)24-9-3-4-10-24/h5,8,13-16H,3-4,6-7,9-12H2,1-2H3. The molecule has 0 N–H and O–H groups in total. The first-order chi connectivity index (χ1) is 13.5. The molecular formula is C19H28N6O2S. The second kappa shape index (κ2) is 7.79.